The molecule has 0 amide bonds. The molecule has 0 unspecified atom stereocenters. The zero-order valence-electron chi connectivity index (χ0n) is 13.2. The minimum absolute atomic E-state index is 0.259. The third-order valence-electron chi connectivity index (χ3n) is 4.85. The number of nitrogens with two attached hydrogens (primary N) is 2. The molecule has 1 saturated heterocycles. The van der Waals surface area contributed by atoms with Gasteiger partial charge in [0.2, 0.25) is 0 Å². The van der Waals surface area contributed by atoms with Crippen molar-refractivity contribution in [2.75, 3.05) is 0 Å². The Balaban J connectivity index is 1.64. The zero-order valence-corrected chi connectivity index (χ0v) is 13.2. The predicted molar refractivity (Wildman–Crippen MR) is 82.7 cm³/mol. The van der Waals surface area contributed by atoms with Crippen LogP contribution >= 0.6 is 0 Å². The monoisotopic (exact) mass is 330 g/mol. The highest BCUT2D eigenvalue weighted by molar-refractivity contribution is 5.93. The highest BCUT2D eigenvalue weighted by Crippen LogP contribution is 2.50. The van der Waals surface area contributed by atoms with Gasteiger partial charge in [0, 0.05) is 11.6 Å². The fourth-order valence-electron chi connectivity index (χ4n) is 3.68. The molecule has 1 saturated carbocycles. The average molecular weight is 330 g/mol. The molecule has 7 heteroatoms. The number of rotatable bonds is 2. The summed E-state index contributed by atoms with van der Waals surface area (Å²) in [6, 6.07) is 0. The van der Waals surface area contributed by atoms with Gasteiger partial charge < -0.3 is 25.7 Å². The van der Waals surface area contributed by atoms with Gasteiger partial charge in [-0.1, -0.05) is 12.2 Å². The van der Waals surface area contributed by atoms with Gasteiger partial charge in [0.25, 0.3) is 6.29 Å². The van der Waals surface area contributed by atoms with Crippen LogP contribution in [0.4, 0.5) is 0 Å². The normalized spacial score (nSPS) is 34.9. The van der Waals surface area contributed by atoms with Crippen molar-refractivity contribution in [1.82, 2.24) is 0 Å². The molecule has 0 aromatic rings. The molecule has 2 heterocycles. The van der Waals surface area contributed by atoms with E-state index < -0.39 is 35.9 Å². The SMILES string of the molecule is CC1=C[C@H](O/C=C2/C(=O)O[C@H]3C4=CCCC=C4C(N)(N)[C@@H]23)OC1=O. The van der Waals surface area contributed by atoms with Crippen molar-refractivity contribution in [3.63, 3.8) is 0 Å². The number of carbonyl (C=O) groups excluding carboxylic acids is 2. The molecule has 4 N–H and O–H groups in total. The fraction of sp³-hybridized carbons (Fsp3) is 0.412. The van der Waals surface area contributed by atoms with Crippen molar-refractivity contribution < 1.29 is 23.8 Å². The Hall–Kier alpha value is -2.38. The fourth-order valence-corrected chi connectivity index (χ4v) is 3.68. The van der Waals surface area contributed by atoms with Crippen molar-refractivity contribution >= 4 is 11.9 Å². The van der Waals surface area contributed by atoms with Crippen LogP contribution in [0.15, 0.2) is 46.8 Å². The number of allylic oxidation sites excluding steroid dienone is 2. The molecule has 0 bridgehead atoms. The van der Waals surface area contributed by atoms with E-state index in [4.69, 9.17) is 25.7 Å². The molecule has 0 aromatic heterocycles. The van der Waals surface area contributed by atoms with Gasteiger partial charge in [-0.3, -0.25) is 0 Å². The Kier molecular flexibility index (Phi) is 3.20. The quantitative estimate of drug-likeness (QED) is 0.328. The first kappa shape index (κ1) is 15.2. The molecule has 3 atom stereocenters. The maximum absolute atomic E-state index is 12.2. The van der Waals surface area contributed by atoms with E-state index >= 15 is 0 Å². The van der Waals surface area contributed by atoms with Crippen LogP contribution in [0.3, 0.4) is 0 Å². The number of carbonyl (C=O) groups is 2. The molecule has 0 aromatic carbocycles. The molecule has 0 spiro atoms. The molecule has 7 nitrogen and oxygen atoms in total. The molecule has 2 fully saturated rings. The number of fused-ring (bicyclic) bond motifs is 3. The molecular weight excluding hydrogens is 312 g/mol. The summed E-state index contributed by atoms with van der Waals surface area (Å²) in [6.45, 7) is 1.63. The zero-order chi connectivity index (χ0) is 17.1. The molecule has 4 rings (SSSR count). The largest absolute Gasteiger partial charge is 0.458 e. The Morgan fingerprint density at radius 1 is 1.21 bits per heavy atom. The van der Waals surface area contributed by atoms with E-state index in [-0.39, 0.29) is 5.57 Å². The van der Waals surface area contributed by atoms with Crippen LogP contribution in [0.5, 0.6) is 0 Å². The number of esters is 2. The summed E-state index contributed by atoms with van der Waals surface area (Å²) < 4.78 is 15.9. The summed E-state index contributed by atoms with van der Waals surface area (Å²) in [5, 5.41) is 0. The van der Waals surface area contributed by atoms with Crippen LogP contribution in [0, 0.1) is 5.92 Å². The first-order chi connectivity index (χ1) is 11.4. The molecule has 2 aliphatic carbocycles. The smallest absolute Gasteiger partial charge is 0.338 e. The number of hydrogen-bond acceptors (Lipinski definition) is 7. The summed E-state index contributed by atoms with van der Waals surface area (Å²) >= 11 is 0. The van der Waals surface area contributed by atoms with Crippen LogP contribution in [0.2, 0.25) is 0 Å². The van der Waals surface area contributed by atoms with E-state index in [0.717, 1.165) is 24.0 Å². The second-order valence-corrected chi connectivity index (χ2v) is 6.42. The summed E-state index contributed by atoms with van der Waals surface area (Å²) in [6.07, 6.45) is 7.21. The van der Waals surface area contributed by atoms with Gasteiger partial charge in [-0.25, -0.2) is 9.59 Å². The van der Waals surface area contributed by atoms with Crippen molar-refractivity contribution in [2.24, 2.45) is 17.4 Å². The van der Waals surface area contributed by atoms with Crippen molar-refractivity contribution in [2.45, 2.75) is 37.8 Å². The molecule has 0 radical (unpaired) electrons. The minimum Gasteiger partial charge on any atom is -0.458 e. The van der Waals surface area contributed by atoms with Gasteiger partial charge in [-0.05, 0) is 30.9 Å². The van der Waals surface area contributed by atoms with E-state index in [1.165, 1.54) is 12.3 Å². The van der Waals surface area contributed by atoms with Crippen molar-refractivity contribution in [1.29, 1.82) is 0 Å². The third-order valence-corrected chi connectivity index (χ3v) is 4.85. The lowest BCUT2D eigenvalue weighted by Crippen LogP contribution is -2.55. The number of ether oxygens (including phenoxy) is 3. The van der Waals surface area contributed by atoms with Gasteiger partial charge in [0.15, 0.2) is 0 Å². The van der Waals surface area contributed by atoms with E-state index in [1.54, 1.807) is 6.92 Å². The van der Waals surface area contributed by atoms with E-state index in [9.17, 15) is 9.59 Å². The van der Waals surface area contributed by atoms with Gasteiger partial charge in [-0.15, -0.1) is 0 Å². The topological polar surface area (TPSA) is 114 Å². The van der Waals surface area contributed by atoms with Crippen molar-refractivity contribution in [3.05, 3.63) is 46.8 Å². The molecule has 126 valence electrons. The first-order valence-electron chi connectivity index (χ1n) is 7.84. The highest BCUT2D eigenvalue weighted by atomic mass is 16.7. The number of hydrogen-bond donors (Lipinski definition) is 2. The third kappa shape index (κ3) is 2.05. The molecule has 24 heavy (non-hydrogen) atoms. The summed E-state index contributed by atoms with van der Waals surface area (Å²) in [5.74, 6) is -1.48. The molecular formula is C17H18N2O5. The minimum atomic E-state index is -1.20. The predicted octanol–water partition coefficient (Wildman–Crippen LogP) is 0.532. The molecule has 4 aliphatic rings. The maximum atomic E-state index is 12.2. The Morgan fingerprint density at radius 3 is 2.67 bits per heavy atom. The van der Waals surface area contributed by atoms with Gasteiger partial charge >= 0.3 is 11.9 Å². The van der Waals surface area contributed by atoms with Crippen molar-refractivity contribution in [3.8, 4) is 0 Å². The first-order valence-corrected chi connectivity index (χ1v) is 7.84. The maximum Gasteiger partial charge on any atom is 0.338 e. The van der Waals surface area contributed by atoms with Crippen LogP contribution in [-0.4, -0.2) is 30.0 Å². The van der Waals surface area contributed by atoms with Gasteiger partial charge in [0.05, 0.1) is 17.8 Å². The molecule has 2 aliphatic heterocycles. The Morgan fingerprint density at radius 2 is 1.96 bits per heavy atom. The van der Waals surface area contributed by atoms with Crippen LogP contribution < -0.4 is 11.5 Å². The summed E-state index contributed by atoms with van der Waals surface area (Å²) in [5.41, 5.74) is 13.9. The lowest BCUT2D eigenvalue weighted by molar-refractivity contribution is -0.152. The standard InChI is InChI=1S/C17H18N2O5/c1-8-6-12(23-15(8)20)22-7-10-13-14(24-16(10)21)9-4-2-3-5-11(9)17(13,18)19/h4-7,12-14H,2-3,18-19H2,1H3/b10-7+/t12-,13+,14+/m1/s1. The van der Waals surface area contributed by atoms with E-state index in [0.29, 0.717) is 5.57 Å². The lowest BCUT2D eigenvalue weighted by atomic mass is 9.88. The Bertz CT molecular complexity index is 759. The second kappa shape index (κ2) is 5.06. The van der Waals surface area contributed by atoms with Gasteiger partial charge in [0.1, 0.15) is 11.8 Å². The Labute approximate surface area is 138 Å². The van der Waals surface area contributed by atoms with E-state index in [2.05, 4.69) is 0 Å². The highest BCUT2D eigenvalue weighted by Gasteiger charge is 2.59. The van der Waals surface area contributed by atoms with Crippen LogP contribution in [0.1, 0.15) is 19.8 Å². The van der Waals surface area contributed by atoms with Gasteiger partial charge in [-0.2, -0.15) is 0 Å². The summed E-state index contributed by atoms with van der Waals surface area (Å²) in [7, 11) is 0. The van der Waals surface area contributed by atoms with Crippen LogP contribution in [-0.2, 0) is 23.8 Å². The lowest BCUT2D eigenvalue weighted by Gasteiger charge is -2.27. The number of cyclic esters (lactones) is 1. The van der Waals surface area contributed by atoms with Crippen LogP contribution in [0.25, 0.3) is 0 Å². The van der Waals surface area contributed by atoms with E-state index in [1.807, 2.05) is 12.2 Å². The second-order valence-electron chi connectivity index (χ2n) is 6.42. The average Bonchev–Trinajstić information content (AvgIpc) is 3.11. The summed E-state index contributed by atoms with van der Waals surface area (Å²) in [4.78, 5) is 23.6.